The molecule has 1 aromatic rings. The van der Waals surface area contributed by atoms with Crippen molar-refractivity contribution >= 4 is 17.7 Å². The van der Waals surface area contributed by atoms with Gasteiger partial charge in [-0.15, -0.1) is 0 Å². The molecule has 28 heavy (non-hydrogen) atoms. The van der Waals surface area contributed by atoms with Crippen molar-refractivity contribution in [1.82, 2.24) is 14.7 Å². The Balaban J connectivity index is 1.95. The van der Waals surface area contributed by atoms with Crippen molar-refractivity contribution < 1.29 is 19.1 Å². The minimum atomic E-state index is -0.446. The molecule has 0 atom stereocenters. The average Bonchev–Trinajstić information content (AvgIpc) is 2.72. The Labute approximate surface area is 165 Å². The van der Waals surface area contributed by atoms with Crippen molar-refractivity contribution in [3.8, 4) is 6.19 Å². The van der Waals surface area contributed by atoms with E-state index < -0.39 is 11.8 Å². The number of hydrogen-bond donors (Lipinski definition) is 0. The molecule has 0 aliphatic carbocycles. The molecule has 0 radical (unpaired) electrons. The summed E-state index contributed by atoms with van der Waals surface area (Å²) in [4.78, 5) is 41.4. The summed E-state index contributed by atoms with van der Waals surface area (Å²) in [5.74, 6) is -1.01. The number of amides is 3. The van der Waals surface area contributed by atoms with Crippen LogP contribution in [0.4, 0.5) is 0 Å². The van der Waals surface area contributed by atoms with E-state index in [-0.39, 0.29) is 25.4 Å². The monoisotopic (exact) mass is 386 g/mol. The number of carbonyl (C=O) groups is 3. The number of carbonyl (C=O) groups excluding carboxylic acids is 3. The lowest BCUT2D eigenvalue weighted by Gasteiger charge is -2.30. The second-order valence-electron chi connectivity index (χ2n) is 6.55. The summed E-state index contributed by atoms with van der Waals surface area (Å²) in [5.41, 5.74) is 0.771. The second-order valence-corrected chi connectivity index (χ2v) is 6.55. The minimum Gasteiger partial charge on any atom is -0.378 e. The fourth-order valence-electron chi connectivity index (χ4n) is 2.92. The van der Waals surface area contributed by atoms with Gasteiger partial charge in [-0.3, -0.25) is 14.4 Å². The maximum Gasteiger partial charge on any atom is 0.243 e. The summed E-state index contributed by atoms with van der Waals surface area (Å²) < 4.78 is 5.24. The normalized spacial score (nSPS) is 13.5. The zero-order valence-corrected chi connectivity index (χ0v) is 16.2. The van der Waals surface area contributed by atoms with Crippen LogP contribution in [0.2, 0.25) is 0 Å². The smallest absolute Gasteiger partial charge is 0.243 e. The van der Waals surface area contributed by atoms with Crippen LogP contribution in [0, 0.1) is 11.5 Å². The number of nitrogens with zero attached hydrogens (tertiary/aromatic N) is 4. The lowest BCUT2D eigenvalue weighted by atomic mass is 10.1. The lowest BCUT2D eigenvalue weighted by Crippen LogP contribution is -2.49. The molecule has 0 spiro atoms. The maximum atomic E-state index is 12.7. The summed E-state index contributed by atoms with van der Waals surface area (Å²) in [7, 11) is 0. The minimum absolute atomic E-state index is 0.0438. The fourth-order valence-corrected chi connectivity index (χ4v) is 2.92. The predicted molar refractivity (Wildman–Crippen MR) is 102 cm³/mol. The molecule has 0 bridgehead atoms. The van der Waals surface area contributed by atoms with Gasteiger partial charge in [-0.05, 0) is 12.0 Å². The summed E-state index contributed by atoms with van der Waals surface area (Å²) in [5, 5.41) is 9.32. The van der Waals surface area contributed by atoms with Gasteiger partial charge in [0.2, 0.25) is 17.7 Å². The molecule has 8 heteroatoms. The van der Waals surface area contributed by atoms with E-state index in [1.807, 2.05) is 25.1 Å². The molecule has 1 saturated heterocycles. The quantitative estimate of drug-likeness (QED) is 0.483. The standard InChI is InChI=1S/C20H26N4O4/c1-2-8-23(14-19(26)22-9-11-28-12-10-22)20(27)15-24(16-21)18(25)13-17-6-4-3-5-7-17/h3-7H,2,8-15H2,1H3. The van der Waals surface area contributed by atoms with Gasteiger partial charge < -0.3 is 14.5 Å². The predicted octanol–water partition coefficient (Wildman–Crippen LogP) is 0.636. The third kappa shape index (κ3) is 6.35. The molecule has 150 valence electrons. The van der Waals surface area contributed by atoms with Crippen LogP contribution in [-0.2, 0) is 25.5 Å². The Bertz CT molecular complexity index is 711. The van der Waals surface area contributed by atoms with Crippen LogP contribution < -0.4 is 0 Å². The van der Waals surface area contributed by atoms with E-state index in [9.17, 15) is 19.6 Å². The highest BCUT2D eigenvalue weighted by atomic mass is 16.5. The van der Waals surface area contributed by atoms with Gasteiger partial charge in [0.15, 0.2) is 6.19 Å². The topological polar surface area (TPSA) is 93.9 Å². The number of ether oxygens (including phenoxy) is 1. The Morgan fingerprint density at radius 1 is 1.11 bits per heavy atom. The molecule has 1 fully saturated rings. The third-order valence-corrected chi connectivity index (χ3v) is 4.45. The van der Waals surface area contributed by atoms with E-state index in [1.54, 1.807) is 23.2 Å². The second kappa shape index (κ2) is 11.0. The third-order valence-electron chi connectivity index (χ3n) is 4.45. The molecule has 0 saturated carbocycles. The first-order valence-corrected chi connectivity index (χ1v) is 9.42. The van der Waals surface area contributed by atoms with Crippen LogP contribution in [0.3, 0.4) is 0 Å². The zero-order valence-electron chi connectivity index (χ0n) is 16.2. The van der Waals surface area contributed by atoms with Crippen molar-refractivity contribution in [3.63, 3.8) is 0 Å². The van der Waals surface area contributed by atoms with Crippen LogP contribution in [0.5, 0.6) is 0 Å². The molecular formula is C20H26N4O4. The molecule has 3 amide bonds. The molecule has 0 N–H and O–H groups in total. The summed E-state index contributed by atoms with van der Waals surface area (Å²) in [6.45, 7) is 3.87. The van der Waals surface area contributed by atoms with Gasteiger partial charge in [0.05, 0.1) is 26.2 Å². The highest BCUT2D eigenvalue weighted by Crippen LogP contribution is 2.05. The number of rotatable bonds is 8. The summed E-state index contributed by atoms with van der Waals surface area (Å²) in [6.07, 6.45) is 2.51. The van der Waals surface area contributed by atoms with Crippen molar-refractivity contribution in [1.29, 1.82) is 5.26 Å². The van der Waals surface area contributed by atoms with Gasteiger partial charge in [-0.1, -0.05) is 37.3 Å². The van der Waals surface area contributed by atoms with Crippen LogP contribution in [0.15, 0.2) is 30.3 Å². The molecule has 1 aliphatic rings. The Morgan fingerprint density at radius 2 is 1.79 bits per heavy atom. The Morgan fingerprint density at radius 3 is 2.39 bits per heavy atom. The molecule has 1 aromatic carbocycles. The summed E-state index contributed by atoms with van der Waals surface area (Å²) >= 11 is 0. The van der Waals surface area contributed by atoms with E-state index in [0.29, 0.717) is 39.3 Å². The first-order valence-electron chi connectivity index (χ1n) is 9.42. The van der Waals surface area contributed by atoms with Crippen molar-refractivity contribution in [2.45, 2.75) is 19.8 Å². The SMILES string of the molecule is CCCN(CC(=O)N1CCOCC1)C(=O)CN(C#N)C(=O)Cc1ccccc1. The van der Waals surface area contributed by atoms with Gasteiger partial charge in [0.25, 0.3) is 0 Å². The van der Waals surface area contributed by atoms with Crippen molar-refractivity contribution in [3.05, 3.63) is 35.9 Å². The van der Waals surface area contributed by atoms with E-state index in [4.69, 9.17) is 4.74 Å². The molecule has 0 aromatic heterocycles. The van der Waals surface area contributed by atoms with E-state index in [2.05, 4.69) is 0 Å². The zero-order chi connectivity index (χ0) is 20.4. The number of morpholine rings is 1. The summed E-state index contributed by atoms with van der Waals surface area (Å²) in [6, 6.07) is 9.04. The van der Waals surface area contributed by atoms with E-state index in [1.165, 1.54) is 4.90 Å². The lowest BCUT2D eigenvalue weighted by molar-refractivity contribution is -0.144. The van der Waals surface area contributed by atoms with Gasteiger partial charge in [-0.2, -0.15) is 5.26 Å². The number of nitriles is 1. The van der Waals surface area contributed by atoms with Gasteiger partial charge in [-0.25, -0.2) is 4.90 Å². The molecular weight excluding hydrogens is 360 g/mol. The highest BCUT2D eigenvalue weighted by Gasteiger charge is 2.25. The van der Waals surface area contributed by atoms with E-state index in [0.717, 1.165) is 10.5 Å². The van der Waals surface area contributed by atoms with Gasteiger partial charge in [0, 0.05) is 19.6 Å². The van der Waals surface area contributed by atoms with Crippen LogP contribution in [0.1, 0.15) is 18.9 Å². The molecule has 1 aliphatic heterocycles. The van der Waals surface area contributed by atoms with Gasteiger partial charge >= 0.3 is 0 Å². The molecule has 1 heterocycles. The van der Waals surface area contributed by atoms with Crippen molar-refractivity contribution in [2.75, 3.05) is 45.9 Å². The van der Waals surface area contributed by atoms with E-state index >= 15 is 0 Å². The number of benzene rings is 1. The van der Waals surface area contributed by atoms with Crippen LogP contribution in [0.25, 0.3) is 0 Å². The Hall–Kier alpha value is -2.92. The van der Waals surface area contributed by atoms with Crippen LogP contribution >= 0.6 is 0 Å². The molecule has 0 unspecified atom stereocenters. The highest BCUT2D eigenvalue weighted by molar-refractivity contribution is 5.89. The maximum absolute atomic E-state index is 12.7. The fraction of sp³-hybridized carbons (Fsp3) is 0.500. The van der Waals surface area contributed by atoms with Gasteiger partial charge in [0.1, 0.15) is 6.54 Å². The molecule has 8 nitrogen and oxygen atoms in total. The van der Waals surface area contributed by atoms with Crippen LogP contribution in [-0.4, -0.2) is 78.4 Å². The first kappa shape index (κ1) is 21.4. The Kier molecular flexibility index (Phi) is 8.43. The molecule has 2 rings (SSSR count). The first-order chi connectivity index (χ1) is 13.5. The largest absolute Gasteiger partial charge is 0.378 e. The van der Waals surface area contributed by atoms with Crippen molar-refractivity contribution in [2.24, 2.45) is 0 Å². The average molecular weight is 386 g/mol. The number of hydrogen-bond acceptors (Lipinski definition) is 5.